The molecule has 0 atom stereocenters. The van der Waals surface area contributed by atoms with Crippen LogP contribution in [-0.4, -0.2) is 51.0 Å². The van der Waals surface area contributed by atoms with Crippen molar-refractivity contribution in [3.05, 3.63) is 11.4 Å². The van der Waals surface area contributed by atoms with Crippen LogP contribution in [0.25, 0.3) is 0 Å². The average molecular weight is 297 g/mol. The number of nitrogens with one attached hydrogen (secondary N) is 2. The molecule has 0 saturated carbocycles. The maximum Gasteiger partial charge on any atom is 0.358 e. The first-order chi connectivity index (χ1) is 9.82. The summed E-state index contributed by atoms with van der Waals surface area (Å²) in [4.78, 5) is 33.5. The molecule has 2 amide bonds. The van der Waals surface area contributed by atoms with E-state index >= 15 is 0 Å². The molecule has 9 heteroatoms. The molecule has 0 aliphatic carbocycles. The maximum atomic E-state index is 11.8. The molecule has 0 aliphatic rings. The van der Waals surface area contributed by atoms with Crippen LogP contribution in [-0.2, 0) is 16.1 Å². The van der Waals surface area contributed by atoms with Crippen LogP contribution in [0.1, 0.15) is 42.9 Å². The maximum absolute atomic E-state index is 11.8. The summed E-state index contributed by atoms with van der Waals surface area (Å²) >= 11 is 0. The molecule has 0 unspecified atom stereocenters. The van der Waals surface area contributed by atoms with Crippen molar-refractivity contribution in [2.45, 2.75) is 33.2 Å². The predicted molar refractivity (Wildman–Crippen MR) is 72.8 cm³/mol. The predicted octanol–water partition coefficient (Wildman–Crippen LogP) is -0.648. The fourth-order valence-electron chi connectivity index (χ4n) is 1.79. The molecule has 21 heavy (non-hydrogen) atoms. The number of carbonyl (C=O) groups is 3. The van der Waals surface area contributed by atoms with Crippen molar-refractivity contribution in [1.29, 1.82) is 0 Å². The van der Waals surface area contributed by atoms with E-state index in [0.717, 1.165) is 0 Å². The summed E-state index contributed by atoms with van der Waals surface area (Å²) in [5.41, 5.74) is 0.260. The van der Waals surface area contributed by atoms with Crippen LogP contribution >= 0.6 is 0 Å². The van der Waals surface area contributed by atoms with Gasteiger partial charge in [0.1, 0.15) is 6.54 Å². The van der Waals surface area contributed by atoms with Crippen molar-refractivity contribution in [2.24, 2.45) is 0 Å². The largest absolute Gasteiger partial charge is 0.476 e. The summed E-state index contributed by atoms with van der Waals surface area (Å²) < 4.78 is 1.28. The van der Waals surface area contributed by atoms with Crippen molar-refractivity contribution < 1.29 is 19.5 Å². The van der Waals surface area contributed by atoms with Gasteiger partial charge in [-0.3, -0.25) is 9.59 Å². The molecular weight excluding hydrogens is 278 g/mol. The highest BCUT2D eigenvalue weighted by atomic mass is 16.4. The van der Waals surface area contributed by atoms with Gasteiger partial charge in [0, 0.05) is 20.0 Å². The molecule has 0 fully saturated rings. The second-order valence-corrected chi connectivity index (χ2v) is 4.77. The Kier molecular flexibility index (Phi) is 5.82. The zero-order chi connectivity index (χ0) is 16.0. The van der Waals surface area contributed by atoms with E-state index < -0.39 is 5.97 Å². The molecule has 1 heterocycles. The minimum absolute atomic E-state index is 0.117. The Bertz CT molecular complexity index is 538. The third-order valence-electron chi connectivity index (χ3n) is 2.64. The molecule has 0 aliphatic heterocycles. The molecule has 9 nitrogen and oxygen atoms in total. The van der Waals surface area contributed by atoms with Gasteiger partial charge in [0.15, 0.2) is 5.69 Å². The number of carboxylic acids is 1. The molecule has 1 rings (SSSR count). The van der Waals surface area contributed by atoms with Crippen molar-refractivity contribution >= 4 is 17.8 Å². The van der Waals surface area contributed by atoms with E-state index in [1.807, 2.05) is 0 Å². The lowest BCUT2D eigenvalue weighted by Gasteiger charge is -2.10. The monoisotopic (exact) mass is 297 g/mol. The lowest BCUT2D eigenvalue weighted by Crippen LogP contribution is -2.35. The number of aromatic nitrogens is 3. The summed E-state index contributed by atoms with van der Waals surface area (Å²) in [6.07, 6.45) is 0. The van der Waals surface area contributed by atoms with Crippen LogP contribution in [0.15, 0.2) is 0 Å². The molecule has 0 radical (unpaired) electrons. The lowest BCUT2D eigenvalue weighted by atomic mass is 10.1. The standard InChI is InChI=1S/C12H19N5O4/c1-7(2)11-10(12(20)21)15-16-17(11)6-9(19)14-5-4-13-8(3)18/h7H,4-6H2,1-3H3,(H,13,18)(H,14,19)(H,20,21). The molecule has 1 aromatic rings. The second kappa shape index (κ2) is 7.36. The van der Waals surface area contributed by atoms with Gasteiger partial charge in [-0.2, -0.15) is 0 Å². The van der Waals surface area contributed by atoms with E-state index in [1.54, 1.807) is 13.8 Å². The van der Waals surface area contributed by atoms with Gasteiger partial charge in [-0.25, -0.2) is 9.48 Å². The lowest BCUT2D eigenvalue weighted by molar-refractivity contribution is -0.122. The van der Waals surface area contributed by atoms with Crippen LogP contribution in [0.4, 0.5) is 0 Å². The molecule has 0 aromatic carbocycles. The van der Waals surface area contributed by atoms with Crippen molar-refractivity contribution in [1.82, 2.24) is 25.6 Å². The number of carbonyl (C=O) groups excluding carboxylic acids is 2. The number of nitrogens with zero attached hydrogens (tertiary/aromatic N) is 3. The van der Waals surface area contributed by atoms with E-state index in [9.17, 15) is 14.4 Å². The topological polar surface area (TPSA) is 126 Å². The van der Waals surface area contributed by atoms with E-state index in [2.05, 4.69) is 20.9 Å². The minimum atomic E-state index is -1.17. The first kappa shape index (κ1) is 16.6. The third-order valence-corrected chi connectivity index (χ3v) is 2.64. The van der Waals surface area contributed by atoms with Gasteiger partial charge >= 0.3 is 5.97 Å². The Hall–Kier alpha value is -2.45. The average Bonchev–Trinajstić information content (AvgIpc) is 2.78. The first-order valence-electron chi connectivity index (χ1n) is 6.50. The number of amides is 2. The number of hydrogen-bond donors (Lipinski definition) is 3. The van der Waals surface area contributed by atoms with E-state index in [0.29, 0.717) is 12.2 Å². The number of hydrogen-bond acceptors (Lipinski definition) is 5. The van der Waals surface area contributed by atoms with E-state index in [-0.39, 0.29) is 36.5 Å². The van der Waals surface area contributed by atoms with Crippen LogP contribution < -0.4 is 10.6 Å². The van der Waals surface area contributed by atoms with Crippen molar-refractivity contribution in [2.75, 3.05) is 13.1 Å². The number of aromatic carboxylic acids is 1. The Morgan fingerprint density at radius 3 is 2.38 bits per heavy atom. The Balaban J connectivity index is 2.64. The molecule has 3 N–H and O–H groups in total. The quantitative estimate of drug-likeness (QED) is 0.574. The van der Waals surface area contributed by atoms with Gasteiger partial charge in [0.2, 0.25) is 11.8 Å². The van der Waals surface area contributed by atoms with Crippen LogP contribution in [0.3, 0.4) is 0 Å². The fourth-order valence-corrected chi connectivity index (χ4v) is 1.79. The van der Waals surface area contributed by atoms with Gasteiger partial charge < -0.3 is 15.7 Å². The van der Waals surface area contributed by atoms with E-state index in [1.165, 1.54) is 11.6 Å². The van der Waals surface area contributed by atoms with Crippen LogP contribution in [0.5, 0.6) is 0 Å². The normalized spacial score (nSPS) is 10.5. The van der Waals surface area contributed by atoms with Crippen molar-refractivity contribution in [3.8, 4) is 0 Å². The number of carboxylic acid groups (broad SMARTS) is 1. The Morgan fingerprint density at radius 1 is 1.24 bits per heavy atom. The highest BCUT2D eigenvalue weighted by Gasteiger charge is 2.22. The zero-order valence-electron chi connectivity index (χ0n) is 12.2. The molecule has 0 bridgehead atoms. The highest BCUT2D eigenvalue weighted by molar-refractivity contribution is 5.86. The Morgan fingerprint density at radius 2 is 1.86 bits per heavy atom. The summed E-state index contributed by atoms with van der Waals surface area (Å²) in [5, 5.41) is 21.5. The molecule has 0 spiro atoms. The molecule has 116 valence electrons. The summed E-state index contributed by atoms with van der Waals surface area (Å²) in [7, 11) is 0. The SMILES string of the molecule is CC(=O)NCCNC(=O)Cn1nnc(C(=O)O)c1C(C)C. The summed E-state index contributed by atoms with van der Waals surface area (Å²) in [6.45, 7) is 5.49. The molecule has 1 aromatic heterocycles. The Labute approximate surface area is 121 Å². The second-order valence-electron chi connectivity index (χ2n) is 4.77. The van der Waals surface area contributed by atoms with Gasteiger partial charge in [0.05, 0.1) is 5.69 Å². The van der Waals surface area contributed by atoms with Crippen LogP contribution in [0, 0.1) is 0 Å². The van der Waals surface area contributed by atoms with Gasteiger partial charge in [0.25, 0.3) is 0 Å². The first-order valence-corrected chi connectivity index (χ1v) is 6.50. The van der Waals surface area contributed by atoms with Crippen molar-refractivity contribution in [3.63, 3.8) is 0 Å². The fraction of sp³-hybridized carbons (Fsp3) is 0.583. The molecule has 0 saturated heterocycles. The van der Waals surface area contributed by atoms with Crippen LogP contribution in [0.2, 0.25) is 0 Å². The van der Waals surface area contributed by atoms with Gasteiger partial charge in [-0.15, -0.1) is 5.10 Å². The summed E-state index contributed by atoms with van der Waals surface area (Å²) in [6, 6.07) is 0. The number of rotatable bonds is 7. The third kappa shape index (κ3) is 4.86. The minimum Gasteiger partial charge on any atom is -0.476 e. The molecular formula is C12H19N5O4. The van der Waals surface area contributed by atoms with Gasteiger partial charge in [-0.05, 0) is 5.92 Å². The summed E-state index contributed by atoms with van der Waals surface area (Å²) in [5.74, 6) is -1.80. The van der Waals surface area contributed by atoms with E-state index in [4.69, 9.17) is 5.11 Å². The smallest absolute Gasteiger partial charge is 0.358 e. The zero-order valence-corrected chi connectivity index (χ0v) is 12.2. The highest BCUT2D eigenvalue weighted by Crippen LogP contribution is 2.17. The van der Waals surface area contributed by atoms with Gasteiger partial charge in [-0.1, -0.05) is 19.1 Å².